The van der Waals surface area contributed by atoms with Crippen molar-refractivity contribution >= 4 is 16.9 Å². The van der Waals surface area contributed by atoms with E-state index in [1.165, 1.54) is 16.8 Å². The van der Waals surface area contributed by atoms with Crippen LogP contribution in [0.5, 0.6) is 0 Å². The van der Waals surface area contributed by atoms with E-state index in [1.807, 2.05) is 31.2 Å². The zero-order valence-corrected chi connectivity index (χ0v) is 15.8. The van der Waals surface area contributed by atoms with E-state index in [4.69, 9.17) is 0 Å². The minimum Gasteiger partial charge on any atom is -0.350 e. The number of pyridine rings is 1. The molecule has 29 heavy (non-hydrogen) atoms. The molecule has 0 unspecified atom stereocenters. The van der Waals surface area contributed by atoms with Gasteiger partial charge in [-0.15, -0.1) is 0 Å². The number of nitrogens with one attached hydrogen (secondary N) is 1. The van der Waals surface area contributed by atoms with Crippen LogP contribution in [0.15, 0.2) is 71.7 Å². The summed E-state index contributed by atoms with van der Waals surface area (Å²) in [7, 11) is 0. The van der Waals surface area contributed by atoms with E-state index in [9.17, 15) is 14.0 Å². The Balaban J connectivity index is 1.66. The predicted octanol–water partition coefficient (Wildman–Crippen LogP) is 2.95. The van der Waals surface area contributed by atoms with Crippen LogP contribution in [0.3, 0.4) is 0 Å². The summed E-state index contributed by atoms with van der Waals surface area (Å²) in [5.41, 5.74) is 2.72. The fraction of sp³-hybridized carbons (Fsp3) is 0.136. The average Bonchev–Trinajstić information content (AvgIpc) is 3.00. The highest BCUT2D eigenvalue weighted by Gasteiger charge is 2.17. The van der Waals surface area contributed by atoms with Crippen molar-refractivity contribution in [1.29, 1.82) is 0 Å². The van der Waals surface area contributed by atoms with E-state index in [1.54, 1.807) is 35.1 Å². The first-order valence-electron chi connectivity index (χ1n) is 9.17. The van der Waals surface area contributed by atoms with Gasteiger partial charge in [0.15, 0.2) is 5.65 Å². The van der Waals surface area contributed by atoms with Gasteiger partial charge in [-0.05, 0) is 48.9 Å². The highest BCUT2D eigenvalue weighted by atomic mass is 19.1. The number of benzene rings is 2. The van der Waals surface area contributed by atoms with E-state index >= 15 is 0 Å². The van der Waals surface area contributed by atoms with Crippen molar-refractivity contribution in [2.24, 2.45) is 0 Å². The van der Waals surface area contributed by atoms with Crippen LogP contribution in [0, 0.1) is 12.7 Å². The number of hydrogen-bond acceptors (Lipinski definition) is 3. The van der Waals surface area contributed by atoms with Gasteiger partial charge in [0, 0.05) is 12.7 Å². The summed E-state index contributed by atoms with van der Waals surface area (Å²) in [5, 5.41) is 3.25. The Morgan fingerprint density at radius 1 is 1.07 bits per heavy atom. The molecule has 0 atom stereocenters. The smallest absolute Gasteiger partial charge is 0.280 e. The lowest BCUT2D eigenvalue weighted by Gasteiger charge is -2.13. The number of halogens is 1. The standard InChI is InChI=1S/C22H19FN4O2/c1-15-4-10-18(11-5-15)27-22(29)19-3-2-12-24-21(19)26(27)14-20(28)25-13-16-6-8-17(23)9-7-16/h2-12H,13-14H2,1H3,(H,25,28). The van der Waals surface area contributed by atoms with Crippen LogP contribution < -0.4 is 10.9 Å². The lowest BCUT2D eigenvalue weighted by molar-refractivity contribution is -0.122. The number of carbonyl (C=O) groups excluding carboxylic acids is 1. The molecule has 0 radical (unpaired) electrons. The molecule has 0 saturated heterocycles. The van der Waals surface area contributed by atoms with Crippen molar-refractivity contribution in [3.05, 3.63) is 94.2 Å². The molecule has 6 nitrogen and oxygen atoms in total. The topological polar surface area (TPSA) is 68.9 Å². The monoisotopic (exact) mass is 390 g/mol. The van der Waals surface area contributed by atoms with Crippen LogP contribution in [-0.4, -0.2) is 20.3 Å². The minimum atomic E-state index is -0.327. The van der Waals surface area contributed by atoms with Gasteiger partial charge >= 0.3 is 0 Å². The first kappa shape index (κ1) is 18.6. The maximum absolute atomic E-state index is 13.0. The van der Waals surface area contributed by atoms with E-state index in [2.05, 4.69) is 10.3 Å². The number of amides is 1. The molecule has 4 rings (SSSR count). The summed E-state index contributed by atoms with van der Waals surface area (Å²) >= 11 is 0. The van der Waals surface area contributed by atoms with Gasteiger partial charge in [0.1, 0.15) is 12.4 Å². The molecule has 2 aromatic heterocycles. The van der Waals surface area contributed by atoms with E-state index in [-0.39, 0.29) is 30.4 Å². The zero-order chi connectivity index (χ0) is 20.4. The zero-order valence-electron chi connectivity index (χ0n) is 15.8. The first-order valence-corrected chi connectivity index (χ1v) is 9.17. The number of nitrogens with zero attached hydrogens (tertiary/aromatic N) is 3. The molecular formula is C22H19FN4O2. The first-order chi connectivity index (χ1) is 14.0. The van der Waals surface area contributed by atoms with Crippen molar-refractivity contribution in [2.45, 2.75) is 20.0 Å². The Bertz CT molecular complexity index is 1220. The molecule has 2 heterocycles. The summed E-state index contributed by atoms with van der Waals surface area (Å²) < 4.78 is 16.1. The third kappa shape index (κ3) is 3.80. The molecule has 0 bridgehead atoms. The van der Waals surface area contributed by atoms with Crippen LogP contribution in [0.4, 0.5) is 4.39 Å². The molecule has 2 aromatic carbocycles. The molecular weight excluding hydrogens is 371 g/mol. The van der Waals surface area contributed by atoms with Crippen molar-refractivity contribution in [1.82, 2.24) is 19.7 Å². The Labute approximate surface area is 166 Å². The second-order valence-corrected chi connectivity index (χ2v) is 6.79. The number of carbonyl (C=O) groups is 1. The third-order valence-corrected chi connectivity index (χ3v) is 4.67. The molecule has 0 aliphatic carbocycles. The summed E-state index contributed by atoms with van der Waals surface area (Å²) in [6.45, 7) is 2.15. The van der Waals surface area contributed by atoms with Crippen LogP contribution in [-0.2, 0) is 17.9 Å². The molecule has 0 aliphatic heterocycles. The number of hydrogen-bond donors (Lipinski definition) is 1. The average molecular weight is 390 g/mol. The number of aryl methyl sites for hydroxylation is 1. The predicted molar refractivity (Wildman–Crippen MR) is 108 cm³/mol. The molecule has 7 heteroatoms. The number of rotatable bonds is 5. The largest absolute Gasteiger partial charge is 0.350 e. The van der Waals surface area contributed by atoms with Gasteiger partial charge in [0.05, 0.1) is 11.1 Å². The maximum Gasteiger partial charge on any atom is 0.280 e. The summed E-state index contributed by atoms with van der Waals surface area (Å²) in [6.07, 6.45) is 1.59. The second-order valence-electron chi connectivity index (χ2n) is 6.79. The van der Waals surface area contributed by atoms with E-state index < -0.39 is 0 Å². The molecule has 0 fully saturated rings. The quantitative estimate of drug-likeness (QED) is 0.570. The van der Waals surface area contributed by atoms with Gasteiger partial charge in [-0.25, -0.2) is 14.1 Å². The van der Waals surface area contributed by atoms with Gasteiger partial charge < -0.3 is 5.32 Å². The highest BCUT2D eigenvalue weighted by Crippen LogP contribution is 2.14. The van der Waals surface area contributed by atoms with Crippen LogP contribution >= 0.6 is 0 Å². The van der Waals surface area contributed by atoms with Gasteiger partial charge in [-0.2, -0.15) is 0 Å². The lowest BCUT2D eigenvalue weighted by Crippen LogP contribution is -2.31. The fourth-order valence-electron chi connectivity index (χ4n) is 3.17. The summed E-state index contributed by atoms with van der Waals surface area (Å²) in [4.78, 5) is 29.9. The maximum atomic E-state index is 13.0. The SMILES string of the molecule is Cc1ccc(-n2c(=O)c3cccnc3n2CC(=O)NCc2ccc(F)cc2)cc1. The molecule has 0 saturated carbocycles. The second kappa shape index (κ2) is 7.71. The molecule has 1 amide bonds. The molecule has 0 spiro atoms. The fourth-order valence-corrected chi connectivity index (χ4v) is 3.17. The minimum absolute atomic E-state index is 0.0785. The van der Waals surface area contributed by atoms with Crippen LogP contribution in [0.2, 0.25) is 0 Å². The van der Waals surface area contributed by atoms with Crippen molar-refractivity contribution in [2.75, 3.05) is 0 Å². The summed E-state index contributed by atoms with van der Waals surface area (Å²) in [6, 6.07) is 16.8. The Morgan fingerprint density at radius 3 is 2.52 bits per heavy atom. The molecule has 4 aromatic rings. The van der Waals surface area contributed by atoms with Crippen LogP contribution in [0.25, 0.3) is 16.7 Å². The van der Waals surface area contributed by atoms with E-state index in [0.717, 1.165) is 11.1 Å². The van der Waals surface area contributed by atoms with Crippen molar-refractivity contribution < 1.29 is 9.18 Å². The normalized spacial score (nSPS) is 11.0. The molecule has 146 valence electrons. The van der Waals surface area contributed by atoms with Crippen molar-refractivity contribution in [3.8, 4) is 5.69 Å². The van der Waals surface area contributed by atoms with Gasteiger partial charge in [-0.1, -0.05) is 29.8 Å². The summed E-state index contributed by atoms with van der Waals surface area (Å²) in [5.74, 6) is -0.607. The number of fused-ring (bicyclic) bond motifs is 1. The molecule has 1 N–H and O–H groups in total. The third-order valence-electron chi connectivity index (χ3n) is 4.67. The van der Waals surface area contributed by atoms with Gasteiger partial charge in [-0.3, -0.25) is 14.3 Å². The Kier molecular flexibility index (Phi) is 4.95. The van der Waals surface area contributed by atoms with Gasteiger partial charge in [0.25, 0.3) is 5.56 Å². The van der Waals surface area contributed by atoms with E-state index in [0.29, 0.717) is 16.7 Å². The highest BCUT2D eigenvalue weighted by molar-refractivity contribution is 5.80. The Hall–Kier alpha value is -3.74. The van der Waals surface area contributed by atoms with Gasteiger partial charge in [0.2, 0.25) is 5.91 Å². The Morgan fingerprint density at radius 2 is 1.79 bits per heavy atom. The van der Waals surface area contributed by atoms with Crippen LogP contribution in [0.1, 0.15) is 11.1 Å². The lowest BCUT2D eigenvalue weighted by atomic mass is 10.2. The number of aromatic nitrogens is 3. The molecule has 0 aliphatic rings. The van der Waals surface area contributed by atoms with Crippen molar-refractivity contribution in [3.63, 3.8) is 0 Å².